The van der Waals surface area contributed by atoms with E-state index in [0.29, 0.717) is 17.1 Å². The Morgan fingerprint density at radius 1 is 1.32 bits per heavy atom. The van der Waals surface area contributed by atoms with Gasteiger partial charge in [0.25, 0.3) is 11.8 Å². The number of methoxy groups -OCH3 is 1. The van der Waals surface area contributed by atoms with Crippen molar-refractivity contribution in [1.29, 1.82) is 0 Å². The first kappa shape index (κ1) is 21.1. The Balaban J connectivity index is 0.00000312. The fraction of sp³-hybridized carbons (Fsp3) is 0.529. The standard InChI is InChI=1S/C17H25N3O4.ClH/c1-11(2)19-16(21)10-24-14-5-4-12(8-15(14)23-3)17(22)20-13-6-7-18-9-13;/h4-5,8,11,13,18H,6-7,9-10H2,1-3H3,(H,19,21)(H,20,22);1H. The second-order valence-electron chi connectivity index (χ2n) is 6.04. The van der Waals surface area contributed by atoms with Gasteiger partial charge in [0.05, 0.1) is 7.11 Å². The zero-order valence-electron chi connectivity index (χ0n) is 14.8. The van der Waals surface area contributed by atoms with Gasteiger partial charge in [-0.25, -0.2) is 0 Å². The number of rotatable bonds is 7. The fourth-order valence-electron chi connectivity index (χ4n) is 2.48. The largest absolute Gasteiger partial charge is 0.493 e. The molecule has 1 atom stereocenters. The lowest BCUT2D eigenvalue weighted by molar-refractivity contribution is -0.123. The lowest BCUT2D eigenvalue weighted by Crippen LogP contribution is -2.36. The number of hydrogen-bond acceptors (Lipinski definition) is 5. The second kappa shape index (κ2) is 10.1. The smallest absolute Gasteiger partial charge is 0.258 e. The van der Waals surface area contributed by atoms with Crippen LogP contribution in [0.2, 0.25) is 0 Å². The van der Waals surface area contributed by atoms with Crippen LogP contribution in [0.15, 0.2) is 18.2 Å². The van der Waals surface area contributed by atoms with Crippen molar-refractivity contribution < 1.29 is 19.1 Å². The van der Waals surface area contributed by atoms with Crippen LogP contribution in [0.25, 0.3) is 0 Å². The third kappa shape index (κ3) is 6.43. The van der Waals surface area contributed by atoms with Crippen LogP contribution in [0.3, 0.4) is 0 Å². The van der Waals surface area contributed by atoms with Crippen LogP contribution in [-0.2, 0) is 4.79 Å². The number of carbonyl (C=O) groups is 2. The second-order valence-corrected chi connectivity index (χ2v) is 6.04. The molecule has 1 aromatic carbocycles. The quantitative estimate of drug-likeness (QED) is 0.668. The van der Waals surface area contributed by atoms with E-state index in [1.54, 1.807) is 18.2 Å². The van der Waals surface area contributed by atoms with Crippen LogP contribution in [0.1, 0.15) is 30.6 Å². The number of ether oxygens (including phenoxy) is 2. The molecule has 8 heteroatoms. The molecule has 3 N–H and O–H groups in total. The minimum Gasteiger partial charge on any atom is -0.493 e. The molecule has 1 heterocycles. The van der Waals surface area contributed by atoms with Gasteiger partial charge in [-0.3, -0.25) is 9.59 Å². The number of hydrogen-bond donors (Lipinski definition) is 3. The van der Waals surface area contributed by atoms with Gasteiger partial charge in [0, 0.05) is 24.2 Å². The molecule has 1 saturated heterocycles. The van der Waals surface area contributed by atoms with E-state index in [1.165, 1.54) is 7.11 Å². The van der Waals surface area contributed by atoms with Crippen LogP contribution in [0, 0.1) is 0 Å². The van der Waals surface area contributed by atoms with Crippen molar-refractivity contribution in [3.05, 3.63) is 23.8 Å². The molecule has 1 fully saturated rings. The monoisotopic (exact) mass is 371 g/mol. The molecule has 0 spiro atoms. The van der Waals surface area contributed by atoms with Gasteiger partial charge in [0.15, 0.2) is 18.1 Å². The third-order valence-corrected chi connectivity index (χ3v) is 3.63. The maximum absolute atomic E-state index is 12.3. The van der Waals surface area contributed by atoms with E-state index in [9.17, 15) is 9.59 Å². The van der Waals surface area contributed by atoms with E-state index >= 15 is 0 Å². The van der Waals surface area contributed by atoms with Crippen LogP contribution in [0.4, 0.5) is 0 Å². The molecule has 1 aliphatic heterocycles. The average Bonchev–Trinajstić information content (AvgIpc) is 3.05. The number of nitrogens with one attached hydrogen (secondary N) is 3. The summed E-state index contributed by atoms with van der Waals surface area (Å²) in [6.07, 6.45) is 0.926. The molecule has 2 amide bonds. The zero-order valence-corrected chi connectivity index (χ0v) is 15.6. The van der Waals surface area contributed by atoms with Crippen molar-refractivity contribution in [2.75, 3.05) is 26.8 Å². The highest BCUT2D eigenvalue weighted by Gasteiger charge is 2.19. The van der Waals surface area contributed by atoms with Crippen molar-refractivity contribution in [3.8, 4) is 11.5 Å². The van der Waals surface area contributed by atoms with Gasteiger partial charge < -0.3 is 25.4 Å². The van der Waals surface area contributed by atoms with E-state index in [4.69, 9.17) is 9.47 Å². The summed E-state index contributed by atoms with van der Waals surface area (Å²) >= 11 is 0. The van der Waals surface area contributed by atoms with Crippen molar-refractivity contribution in [2.45, 2.75) is 32.4 Å². The first-order valence-electron chi connectivity index (χ1n) is 8.11. The van der Waals surface area contributed by atoms with Crippen LogP contribution in [0.5, 0.6) is 11.5 Å². The van der Waals surface area contributed by atoms with Crippen molar-refractivity contribution in [2.24, 2.45) is 0 Å². The summed E-state index contributed by atoms with van der Waals surface area (Å²) in [7, 11) is 1.50. The van der Waals surface area contributed by atoms with E-state index < -0.39 is 0 Å². The molecule has 0 aliphatic carbocycles. The van der Waals surface area contributed by atoms with Gasteiger partial charge in [-0.1, -0.05) is 0 Å². The molecule has 0 radical (unpaired) electrons. The Kier molecular flexibility index (Phi) is 8.51. The summed E-state index contributed by atoms with van der Waals surface area (Å²) < 4.78 is 10.8. The number of benzene rings is 1. The van der Waals surface area contributed by atoms with Crippen molar-refractivity contribution in [3.63, 3.8) is 0 Å². The molecule has 25 heavy (non-hydrogen) atoms. The Labute approximate surface area is 154 Å². The Hall–Kier alpha value is -1.99. The maximum Gasteiger partial charge on any atom is 0.258 e. The topological polar surface area (TPSA) is 88.7 Å². The summed E-state index contributed by atoms with van der Waals surface area (Å²) in [4.78, 5) is 23.9. The van der Waals surface area contributed by atoms with E-state index in [0.717, 1.165) is 19.5 Å². The van der Waals surface area contributed by atoms with Gasteiger partial charge in [-0.05, 0) is 45.0 Å². The first-order chi connectivity index (χ1) is 11.5. The molecule has 7 nitrogen and oxygen atoms in total. The molecule has 0 aromatic heterocycles. The lowest BCUT2D eigenvalue weighted by Gasteiger charge is -2.14. The van der Waals surface area contributed by atoms with Gasteiger partial charge in [-0.15, -0.1) is 12.4 Å². The van der Waals surface area contributed by atoms with Gasteiger partial charge >= 0.3 is 0 Å². The normalized spacial score (nSPS) is 16.1. The highest BCUT2D eigenvalue weighted by atomic mass is 35.5. The summed E-state index contributed by atoms with van der Waals surface area (Å²) in [6.45, 7) is 5.36. The molecule has 140 valence electrons. The number of carbonyl (C=O) groups excluding carboxylic acids is 2. The maximum atomic E-state index is 12.3. The molecule has 0 saturated carbocycles. The molecule has 2 rings (SSSR count). The molecule has 1 aromatic rings. The summed E-state index contributed by atoms with van der Waals surface area (Å²) in [5, 5.41) is 8.93. The molecular formula is C17H26ClN3O4. The predicted molar refractivity (Wildman–Crippen MR) is 97.8 cm³/mol. The third-order valence-electron chi connectivity index (χ3n) is 3.63. The molecule has 0 bridgehead atoms. The van der Waals surface area contributed by atoms with Crippen LogP contribution in [-0.4, -0.2) is 50.7 Å². The zero-order chi connectivity index (χ0) is 17.5. The van der Waals surface area contributed by atoms with Crippen molar-refractivity contribution in [1.82, 2.24) is 16.0 Å². The van der Waals surface area contributed by atoms with E-state index in [1.807, 2.05) is 13.8 Å². The molecular weight excluding hydrogens is 346 g/mol. The number of halogens is 1. The van der Waals surface area contributed by atoms with Gasteiger partial charge in [0.2, 0.25) is 0 Å². The summed E-state index contributed by atoms with van der Waals surface area (Å²) in [6, 6.07) is 5.13. The van der Waals surface area contributed by atoms with Gasteiger partial charge in [0.1, 0.15) is 0 Å². The molecule has 1 aliphatic rings. The minimum absolute atomic E-state index is 0. The van der Waals surface area contributed by atoms with Crippen LogP contribution >= 0.6 is 12.4 Å². The Morgan fingerprint density at radius 3 is 2.68 bits per heavy atom. The average molecular weight is 372 g/mol. The van der Waals surface area contributed by atoms with Crippen molar-refractivity contribution >= 4 is 24.2 Å². The summed E-state index contributed by atoms with van der Waals surface area (Å²) in [5.41, 5.74) is 0.498. The fourth-order valence-corrected chi connectivity index (χ4v) is 2.48. The van der Waals surface area contributed by atoms with Crippen LogP contribution < -0.4 is 25.4 Å². The molecule has 1 unspecified atom stereocenters. The predicted octanol–water partition coefficient (Wildman–Crippen LogP) is 1.11. The van der Waals surface area contributed by atoms with Gasteiger partial charge in [-0.2, -0.15) is 0 Å². The first-order valence-corrected chi connectivity index (χ1v) is 8.11. The Bertz CT molecular complexity index is 589. The summed E-state index contributed by atoms with van der Waals surface area (Å²) in [5.74, 6) is 0.494. The lowest BCUT2D eigenvalue weighted by atomic mass is 10.1. The SMILES string of the molecule is COc1cc(C(=O)NC2CCNC2)ccc1OCC(=O)NC(C)C.Cl. The van der Waals surface area contributed by atoms with E-state index in [-0.39, 0.29) is 42.9 Å². The number of amides is 2. The van der Waals surface area contributed by atoms with E-state index in [2.05, 4.69) is 16.0 Å². The minimum atomic E-state index is -0.206. The Morgan fingerprint density at radius 2 is 2.08 bits per heavy atom. The highest BCUT2D eigenvalue weighted by Crippen LogP contribution is 2.28. The highest BCUT2D eigenvalue weighted by molar-refractivity contribution is 5.95.